The lowest BCUT2D eigenvalue weighted by Gasteiger charge is -2.26. The first kappa shape index (κ1) is 24.6. The Labute approximate surface area is 214 Å². The molecule has 0 aliphatic carbocycles. The minimum absolute atomic E-state index is 0.0731. The summed E-state index contributed by atoms with van der Waals surface area (Å²) in [5.41, 5.74) is 2.50. The van der Waals surface area contributed by atoms with Crippen LogP contribution in [0.3, 0.4) is 0 Å². The van der Waals surface area contributed by atoms with Crippen LogP contribution < -0.4 is 4.74 Å². The van der Waals surface area contributed by atoms with E-state index >= 15 is 0 Å². The van der Waals surface area contributed by atoms with E-state index in [2.05, 4.69) is 5.10 Å². The van der Waals surface area contributed by atoms with Crippen LogP contribution in [0.25, 0.3) is 5.69 Å². The number of aryl methyl sites for hydroxylation is 1. The molecule has 3 aromatic carbocycles. The van der Waals surface area contributed by atoms with Gasteiger partial charge in [0, 0.05) is 24.8 Å². The van der Waals surface area contributed by atoms with Crippen molar-refractivity contribution in [3.8, 4) is 17.3 Å². The molecule has 0 bridgehead atoms. The third kappa shape index (κ3) is 5.54. The second kappa shape index (κ2) is 10.9. The first-order valence-corrected chi connectivity index (χ1v) is 12.2. The predicted molar refractivity (Wildman–Crippen MR) is 135 cm³/mol. The van der Waals surface area contributed by atoms with E-state index in [4.69, 9.17) is 9.47 Å². The number of ether oxygens (including phenoxy) is 2. The van der Waals surface area contributed by atoms with Gasteiger partial charge in [0.15, 0.2) is 11.6 Å². The summed E-state index contributed by atoms with van der Waals surface area (Å²) >= 11 is 0. The number of carbonyl (C=O) groups excluding carboxylic acids is 1. The molecule has 190 valence electrons. The van der Waals surface area contributed by atoms with E-state index in [1.54, 1.807) is 21.7 Å². The Bertz CT molecular complexity index is 1370. The Balaban J connectivity index is 1.56. The Morgan fingerprint density at radius 2 is 1.81 bits per heavy atom. The third-order valence-electron chi connectivity index (χ3n) is 6.34. The zero-order valence-corrected chi connectivity index (χ0v) is 20.4. The largest absolute Gasteiger partial charge is 0.435 e. The van der Waals surface area contributed by atoms with Crippen molar-refractivity contribution >= 4 is 5.91 Å². The normalized spacial score (nSPS) is 15.1. The van der Waals surface area contributed by atoms with Gasteiger partial charge in [-0.15, -0.1) is 0 Å². The average Bonchev–Trinajstić information content (AvgIpc) is 3.54. The van der Waals surface area contributed by atoms with Crippen molar-refractivity contribution in [2.45, 2.75) is 32.4 Å². The fourth-order valence-corrected chi connectivity index (χ4v) is 4.44. The maximum atomic E-state index is 14.6. The number of rotatable bonds is 8. The second-order valence-electron chi connectivity index (χ2n) is 8.98. The molecule has 8 heteroatoms. The van der Waals surface area contributed by atoms with Crippen molar-refractivity contribution < 1.29 is 23.0 Å². The highest BCUT2D eigenvalue weighted by atomic mass is 19.1. The zero-order valence-electron chi connectivity index (χ0n) is 20.4. The van der Waals surface area contributed by atoms with Gasteiger partial charge in [0.2, 0.25) is 5.88 Å². The van der Waals surface area contributed by atoms with Crippen molar-refractivity contribution in [2.75, 3.05) is 13.2 Å². The van der Waals surface area contributed by atoms with Crippen LogP contribution in [-0.4, -0.2) is 39.8 Å². The maximum Gasteiger partial charge on any atom is 0.254 e. The van der Waals surface area contributed by atoms with Crippen LogP contribution in [0.2, 0.25) is 0 Å². The van der Waals surface area contributed by atoms with Crippen LogP contribution in [0.15, 0.2) is 78.9 Å². The molecular formula is C29H27F2N3O3. The lowest BCUT2D eigenvalue weighted by molar-refractivity contribution is 0.0505. The van der Waals surface area contributed by atoms with Gasteiger partial charge >= 0.3 is 0 Å². The number of hydrogen-bond donors (Lipinski definition) is 0. The second-order valence-corrected chi connectivity index (χ2v) is 8.98. The van der Waals surface area contributed by atoms with Crippen LogP contribution in [0, 0.1) is 18.6 Å². The molecule has 2 heterocycles. The highest BCUT2D eigenvalue weighted by molar-refractivity contribution is 5.94. The van der Waals surface area contributed by atoms with E-state index in [-0.39, 0.29) is 30.2 Å². The van der Waals surface area contributed by atoms with Crippen molar-refractivity contribution in [1.29, 1.82) is 0 Å². The van der Waals surface area contributed by atoms with Gasteiger partial charge < -0.3 is 14.4 Å². The van der Waals surface area contributed by atoms with Gasteiger partial charge in [-0.3, -0.25) is 4.79 Å². The smallest absolute Gasteiger partial charge is 0.254 e. The minimum Gasteiger partial charge on any atom is -0.435 e. The Morgan fingerprint density at radius 3 is 2.49 bits per heavy atom. The lowest BCUT2D eigenvalue weighted by atomic mass is 10.1. The van der Waals surface area contributed by atoms with Crippen molar-refractivity contribution in [3.63, 3.8) is 0 Å². The summed E-state index contributed by atoms with van der Waals surface area (Å²) in [6.07, 6.45) is 1.74. The molecule has 0 spiro atoms. The predicted octanol–water partition coefficient (Wildman–Crippen LogP) is 6.07. The monoisotopic (exact) mass is 503 g/mol. The molecule has 4 aromatic rings. The van der Waals surface area contributed by atoms with Crippen LogP contribution >= 0.6 is 0 Å². The molecule has 1 saturated heterocycles. The molecule has 1 amide bonds. The molecule has 0 radical (unpaired) electrons. The van der Waals surface area contributed by atoms with Crippen LogP contribution in [0.5, 0.6) is 11.6 Å². The molecule has 37 heavy (non-hydrogen) atoms. The molecule has 1 aliphatic heterocycles. The first-order valence-electron chi connectivity index (χ1n) is 12.2. The molecule has 5 rings (SSSR count). The fourth-order valence-electron chi connectivity index (χ4n) is 4.44. The molecule has 1 aromatic heterocycles. The summed E-state index contributed by atoms with van der Waals surface area (Å²) in [6.45, 7) is 3.06. The molecule has 0 saturated carbocycles. The average molecular weight is 504 g/mol. The SMILES string of the molecule is Cc1nn(-c2ccccc2)c(Oc2ccc(F)cc2F)c1CN(CC1CCCO1)C(=O)c1ccccc1. The van der Waals surface area contributed by atoms with Crippen LogP contribution in [0.4, 0.5) is 8.78 Å². The summed E-state index contributed by atoms with van der Waals surface area (Å²) in [4.78, 5) is 15.3. The van der Waals surface area contributed by atoms with Crippen LogP contribution in [-0.2, 0) is 11.3 Å². The molecular weight excluding hydrogens is 476 g/mol. The number of aromatic nitrogens is 2. The van der Waals surface area contributed by atoms with Gasteiger partial charge in [0.25, 0.3) is 5.91 Å². The van der Waals surface area contributed by atoms with Crippen molar-refractivity contribution in [2.24, 2.45) is 0 Å². The van der Waals surface area contributed by atoms with Crippen molar-refractivity contribution in [3.05, 3.63) is 107 Å². The van der Waals surface area contributed by atoms with Gasteiger partial charge in [-0.2, -0.15) is 5.10 Å². The number of nitrogens with zero attached hydrogens (tertiary/aromatic N) is 3. The highest BCUT2D eigenvalue weighted by Gasteiger charge is 2.28. The number of carbonyl (C=O) groups is 1. The Hall–Kier alpha value is -4.04. The Morgan fingerprint density at radius 1 is 1.08 bits per heavy atom. The number of halogens is 2. The molecule has 1 aliphatic rings. The van der Waals surface area contributed by atoms with E-state index in [0.29, 0.717) is 35.7 Å². The Kier molecular flexibility index (Phi) is 7.28. The standard InChI is InChI=1S/C29H27F2N3O3/c1-20-25(19-33(18-24-13-8-16-36-24)28(35)21-9-4-2-5-10-21)29(34(32-20)23-11-6-3-7-12-23)37-27-15-14-22(30)17-26(27)31/h2-7,9-12,14-15,17,24H,8,13,16,18-19H2,1H3. The van der Waals surface area contributed by atoms with E-state index < -0.39 is 11.6 Å². The summed E-state index contributed by atoms with van der Waals surface area (Å²) in [5.74, 6) is -1.57. The lowest BCUT2D eigenvalue weighted by Crippen LogP contribution is -2.37. The summed E-state index contributed by atoms with van der Waals surface area (Å²) in [5, 5.41) is 4.67. The first-order chi connectivity index (χ1) is 18.0. The van der Waals surface area contributed by atoms with E-state index in [1.807, 2.05) is 55.5 Å². The van der Waals surface area contributed by atoms with E-state index in [1.165, 1.54) is 6.07 Å². The van der Waals surface area contributed by atoms with Gasteiger partial charge in [-0.1, -0.05) is 36.4 Å². The molecule has 1 atom stereocenters. The zero-order chi connectivity index (χ0) is 25.8. The molecule has 1 fully saturated rings. The van der Waals surface area contributed by atoms with Crippen molar-refractivity contribution in [1.82, 2.24) is 14.7 Å². The molecule has 6 nitrogen and oxygen atoms in total. The van der Waals surface area contributed by atoms with Gasteiger partial charge in [0.05, 0.1) is 29.6 Å². The maximum absolute atomic E-state index is 14.6. The topological polar surface area (TPSA) is 56.6 Å². The summed E-state index contributed by atoms with van der Waals surface area (Å²) in [6, 6.07) is 21.5. The third-order valence-corrected chi connectivity index (χ3v) is 6.34. The van der Waals surface area contributed by atoms with E-state index in [9.17, 15) is 13.6 Å². The number of amides is 1. The highest BCUT2D eigenvalue weighted by Crippen LogP contribution is 2.33. The molecule has 1 unspecified atom stereocenters. The number of hydrogen-bond acceptors (Lipinski definition) is 4. The van der Waals surface area contributed by atoms with Crippen LogP contribution in [0.1, 0.15) is 34.5 Å². The number of benzene rings is 3. The summed E-state index contributed by atoms with van der Waals surface area (Å²) in [7, 11) is 0. The van der Waals surface area contributed by atoms with Gasteiger partial charge in [-0.05, 0) is 56.2 Å². The summed E-state index contributed by atoms with van der Waals surface area (Å²) < 4.78 is 41.6. The molecule has 0 N–H and O–H groups in total. The van der Waals surface area contributed by atoms with E-state index in [0.717, 1.165) is 25.0 Å². The van der Waals surface area contributed by atoms with Gasteiger partial charge in [0.1, 0.15) is 5.82 Å². The fraction of sp³-hybridized carbons (Fsp3) is 0.241. The minimum atomic E-state index is -0.832. The number of para-hydroxylation sites is 1. The van der Waals surface area contributed by atoms with Gasteiger partial charge in [-0.25, -0.2) is 13.5 Å². The quantitative estimate of drug-likeness (QED) is 0.293.